The largest absolute Gasteiger partial charge is 0.327 e. The van der Waals surface area contributed by atoms with Crippen LogP contribution < -0.4 is 5.73 Å². The fourth-order valence-electron chi connectivity index (χ4n) is 1.47. The fraction of sp³-hybridized carbons (Fsp3) is 0.500. The second-order valence-electron chi connectivity index (χ2n) is 3.69. The van der Waals surface area contributed by atoms with Crippen molar-refractivity contribution in [3.8, 4) is 0 Å². The van der Waals surface area contributed by atoms with Gasteiger partial charge in [0.2, 0.25) is 0 Å². The molecule has 0 heterocycles. The number of hydrogen-bond acceptors (Lipinski definition) is 2. The molecule has 1 nitrogen and oxygen atoms in total. The number of aryl methyl sites for hydroxylation is 1. The van der Waals surface area contributed by atoms with Crippen molar-refractivity contribution >= 4 is 11.8 Å². The Bertz CT molecular complexity index is 314. The summed E-state index contributed by atoms with van der Waals surface area (Å²) in [5.74, 6) is 1.84. The molecule has 0 aliphatic carbocycles. The summed E-state index contributed by atoms with van der Waals surface area (Å²) >= 11 is 1.83. The molecule has 0 aromatic heterocycles. The first kappa shape index (κ1) is 12.5. The van der Waals surface area contributed by atoms with Gasteiger partial charge in [-0.1, -0.05) is 13.0 Å². The minimum Gasteiger partial charge on any atom is -0.327 e. The maximum Gasteiger partial charge on any atom is 0.123 e. The van der Waals surface area contributed by atoms with Crippen molar-refractivity contribution in [2.45, 2.75) is 26.3 Å². The van der Waals surface area contributed by atoms with Gasteiger partial charge in [0.25, 0.3) is 0 Å². The summed E-state index contributed by atoms with van der Waals surface area (Å²) in [6, 6.07) is 5.01. The second kappa shape index (κ2) is 6.13. The predicted molar refractivity (Wildman–Crippen MR) is 65.8 cm³/mol. The Labute approximate surface area is 95.2 Å². The molecule has 84 valence electrons. The molecule has 1 rings (SSSR count). The van der Waals surface area contributed by atoms with Gasteiger partial charge in [0.15, 0.2) is 0 Å². The van der Waals surface area contributed by atoms with Gasteiger partial charge in [-0.3, -0.25) is 0 Å². The Morgan fingerprint density at radius 3 is 2.87 bits per heavy atom. The minimum atomic E-state index is -0.175. The number of rotatable bonds is 5. The van der Waals surface area contributed by atoms with E-state index in [1.54, 1.807) is 6.07 Å². The van der Waals surface area contributed by atoms with Crippen LogP contribution in [0.5, 0.6) is 0 Å². The maximum atomic E-state index is 13.0. The van der Waals surface area contributed by atoms with Gasteiger partial charge in [-0.25, -0.2) is 4.39 Å². The fourth-order valence-corrected chi connectivity index (χ4v) is 2.13. The topological polar surface area (TPSA) is 26.0 Å². The van der Waals surface area contributed by atoms with E-state index in [1.807, 2.05) is 24.8 Å². The van der Waals surface area contributed by atoms with Gasteiger partial charge in [-0.05, 0) is 42.4 Å². The average molecular weight is 227 g/mol. The summed E-state index contributed by atoms with van der Waals surface area (Å²) in [5.41, 5.74) is 8.11. The van der Waals surface area contributed by atoms with E-state index in [4.69, 9.17) is 5.73 Å². The first-order chi connectivity index (χ1) is 7.13. The van der Waals surface area contributed by atoms with E-state index in [9.17, 15) is 4.39 Å². The zero-order valence-corrected chi connectivity index (χ0v) is 10.1. The van der Waals surface area contributed by atoms with Crippen LogP contribution in [0.2, 0.25) is 0 Å². The molecule has 0 saturated carbocycles. The highest BCUT2D eigenvalue weighted by molar-refractivity contribution is 7.99. The van der Waals surface area contributed by atoms with Gasteiger partial charge < -0.3 is 5.73 Å². The van der Waals surface area contributed by atoms with Gasteiger partial charge in [-0.15, -0.1) is 0 Å². The molecule has 0 amide bonds. The smallest absolute Gasteiger partial charge is 0.123 e. The number of thioether (sulfide) groups is 1. The molecule has 15 heavy (non-hydrogen) atoms. The maximum absolute atomic E-state index is 13.0. The summed E-state index contributed by atoms with van der Waals surface area (Å²) in [4.78, 5) is 0. The van der Waals surface area contributed by atoms with Crippen molar-refractivity contribution in [2.75, 3.05) is 11.5 Å². The van der Waals surface area contributed by atoms with Crippen molar-refractivity contribution in [3.05, 3.63) is 35.1 Å². The molecule has 0 spiro atoms. The van der Waals surface area contributed by atoms with Crippen LogP contribution in [0.4, 0.5) is 4.39 Å². The third-order valence-corrected chi connectivity index (χ3v) is 3.40. The summed E-state index contributed by atoms with van der Waals surface area (Å²) in [6.07, 6.45) is 0.761. The highest BCUT2D eigenvalue weighted by Gasteiger charge is 2.07. The van der Waals surface area contributed by atoms with Gasteiger partial charge in [-0.2, -0.15) is 11.8 Å². The SMILES string of the molecule is CCSCC(N)Cc1cc(F)ccc1C. The summed E-state index contributed by atoms with van der Waals surface area (Å²) in [6.45, 7) is 4.11. The van der Waals surface area contributed by atoms with Crippen LogP contribution in [0, 0.1) is 12.7 Å². The summed E-state index contributed by atoms with van der Waals surface area (Å²) in [5, 5.41) is 0. The van der Waals surface area contributed by atoms with Gasteiger partial charge in [0.1, 0.15) is 5.82 Å². The highest BCUT2D eigenvalue weighted by atomic mass is 32.2. The van der Waals surface area contributed by atoms with E-state index < -0.39 is 0 Å². The predicted octanol–water partition coefficient (Wildman–Crippen LogP) is 2.76. The molecular formula is C12H18FNS. The molecule has 1 aromatic carbocycles. The highest BCUT2D eigenvalue weighted by Crippen LogP contribution is 2.13. The standard InChI is InChI=1S/C12H18FNS/c1-3-15-8-12(14)7-10-6-11(13)5-4-9(10)2/h4-6,12H,3,7-8,14H2,1-2H3. The van der Waals surface area contributed by atoms with Crippen LogP contribution in [-0.4, -0.2) is 17.5 Å². The lowest BCUT2D eigenvalue weighted by atomic mass is 10.0. The molecule has 2 N–H and O–H groups in total. The van der Waals surface area contributed by atoms with Gasteiger partial charge in [0, 0.05) is 11.8 Å². The monoisotopic (exact) mass is 227 g/mol. The minimum absolute atomic E-state index is 0.121. The van der Waals surface area contributed by atoms with Gasteiger partial charge in [0.05, 0.1) is 0 Å². The Morgan fingerprint density at radius 2 is 2.20 bits per heavy atom. The Morgan fingerprint density at radius 1 is 1.47 bits per heavy atom. The van der Waals surface area contributed by atoms with Crippen LogP contribution in [-0.2, 0) is 6.42 Å². The van der Waals surface area contributed by atoms with E-state index in [0.717, 1.165) is 29.1 Å². The molecule has 0 saturated heterocycles. The van der Waals surface area contributed by atoms with E-state index in [2.05, 4.69) is 6.92 Å². The Balaban J connectivity index is 2.59. The normalized spacial score (nSPS) is 12.8. The molecule has 1 aromatic rings. The van der Waals surface area contributed by atoms with Crippen molar-refractivity contribution < 1.29 is 4.39 Å². The zero-order valence-electron chi connectivity index (χ0n) is 9.29. The molecule has 1 atom stereocenters. The molecular weight excluding hydrogens is 209 g/mol. The Hall–Kier alpha value is -0.540. The lowest BCUT2D eigenvalue weighted by molar-refractivity contribution is 0.622. The van der Waals surface area contributed by atoms with Crippen LogP contribution in [0.3, 0.4) is 0 Å². The number of nitrogens with two attached hydrogens (primary N) is 1. The molecule has 0 aliphatic heterocycles. The number of benzene rings is 1. The molecule has 3 heteroatoms. The van der Waals surface area contributed by atoms with Gasteiger partial charge >= 0.3 is 0 Å². The van der Waals surface area contributed by atoms with Crippen molar-refractivity contribution in [2.24, 2.45) is 5.73 Å². The summed E-state index contributed by atoms with van der Waals surface area (Å²) in [7, 11) is 0. The van der Waals surface area contributed by atoms with Crippen LogP contribution in [0.1, 0.15) is 18.1 Å². The number of halogens is 1. The van der Waals surface area contributed by atoms with Crippen LogP contribution in [0.15, 0.2) is 18.2 Å². The third kappa shape index (κ3) is 4.22. The molecule has 0 bridgehead atoms. The molecule has 1 unspecified atom stereocenters. The first-order valence-corrected chi connectivity index (χ1v) is 6.37. The Kier molecular flexibility index (Phi) is 5.12. The number of hydrogen-bond donors (Lipinski definition) is 1. The van der Waals surface area contributed by atoms with E-state index >= 15 is 0 Å². The average Bonchev–Trinajstić information content (AvgIpc) is 2.20. The second-order valence-corrected chi connectivity index (χ2v) is 5.01. The van der Waals surface area contributed by atoms with E-state index in [0.29, 0.717) is 0 Å². The molecule has 0 radical (unpaired) electrons. The van der Waals surface area contributed by atoms with E-state index in [-0.39, 0.29) is 11.9 Å². The van der Waals surface area contributed by atoms with Crippen LogP contribution >= 0.6 is 11.8 Å². The van der Waals surface area contributed by atoms with Crippen LogP contribution in [0.25, 0.3) is 0 Å². The quantitative estimate of drug-likeness (QED) is 0.837. The third-order valence-electron chi connectivity index (χ3n) is 2.33. The summed E-state index contributed by atoms with van der Waals surface area (Å²) < 4.78 is 13.0. The molecule has 0 aliphatic rings. The van der Waals surface area contributed by atoms with Crippen molar-refractivity contribution in [3.63, 3.8) is 0 Å². The van der Waals surface area contributed by atoms with Crippen molar-refractivity contribution in [1.82, 2.24) is 0 Å². The molecule has 0 fully saturated rings. The first-order valence-electron chi connectivity index (χ1n) is 5.21. The lowest BCUT2D eigenvalue weighted by Gasteiger charge is -2.12. The van der Waals surface area contributed by atoms with Crippen molar-refractivity contribution in [1.29, 1.82) is 0 Å². The van der Waals surface area contributed by atoms with E-state index in [1.165, 1.54) is 6.07 Å². The zero-order chi connectivity index (χ0) is 11.3. The lowest BCUT2D eigenvalue weighted by Crippen LogP contribution is -2.26.